The fourth-order valence-corrected chi connectivity index (χ4v) is 9.95. The van der Waals surface area contributed by atoms with Crippen molar-refractivity contribution >= 4 is 28.7 Å². The quantitative estimate of drug-likeness (QED) is 0.172. The number of nitrogens with zero attached hydrogens (tertiary/aromatic N) is 7. The number of alkyl halides is 3. The Morgan fingerprint density at radius 2 is 1.62 bits per heavy atom. The van der Waals surface area contributed by atoms with E-state index in [0.717, 1.165) is 12.5 Å². The first-order valence-electron chi connectivity index (χ1n) is 18.9. The SMILES string of the molecule is N#Cc1cccnc1-n1cc(-c2ccc(C(=O)NC3(C(=O)O)C4CC5CC(C4)CC3C5)c(C(F)(F)F)n2)c2ccc(OC3CCN(c4ncccn4)CC3)cc21. The summed E-state index contributed by atoms with van der Waals surface area (Å²) in [5.74, 6) is -0.792. The summed E-state index contributed by atoms with van der Waals surface area (Å²) in [6, 6.07) is 14.8. The number of carboxylic acids is 1. The number of hydrogen-bond acceptors (Lipinski definition) is 9. The second-order valence-electron chi connectivity index (χ2n) is 15.5. The van der Waals surface area contributed by atoms with Crippen molar-refractivity contribution in [1.82, 2.24) is 29.8 Å². The fraction of sp³-hybridized carbons (Fsp3) is 0.390. The van der Waals surface area contributed by atoms with Crippen molar-refractivity contribution in [2.45, 2.75) is 62.8 Å². The van der Waals surface area contributed by atoms with E-state index < -0.39 is 34.8 Å². The standard InChI is InChI=1S/C41H37F3N8O4/c42-41(43,44)35-31(37(53)50-40(38(54)55)26-16-23-15-24(18-26)19-27(40)17-23)6-7-33(49-35)32-22-52(36-25(21-45)3-1-10-46-36)34-20-29(4-5-30(32)34)56-28-8-13-51(14-9-28)39-47-11-2-12-48-39/h1-7,10-12,20,22-24,26-28H,8-9,13-19H2,(H,50,53)(H,54,55). The van der Waals surface area contributed by atoms with Crippen LogP contribution in [0, 0.1) is 35.0 Å². The van der Waals surface area contributed by atoms with Crippen LogP contribution in [0.4, 0.5) is 19.1 Å². The minimum Gasteiger partial charge on any atom is -0.490 e. The molecule has 0 atom stereocenters. The van der Waals surface area contributed by atoms with Crippen molar-refractivity contribution < 1.29 is 32.6 Å². The molecule has 4 aromatic heterocycles. The lowest BCUT2D eigenvalue weighted by molar-refractivity contribution is -0.163. The molecule has 1 amide bonds. The number of ether oxygens (including phenoxy) is 1. The van der Waals surface area contributed by atoms with Crippen LogP contribution in [0.5, 0.6) is 5.75 Å². The number of carbonyl (C=O) groups excluding carboxylic acids is 1. The van der Waals surface area contributed by atoms with Gasteiger partial charge in [-0.05, 0) is 98.2 Å². The van der Waals surface area contributed by atoms with Gasteiger partial charge < -0.3 is 20.1 Å². The molecule has 4 saturated carbocycles. The van der Waals surface area contributed by atoms with Crippen LogP contribution < -0.4 is 15.0 Å². The third-order valence-corrected chi connectivity index (χ3v) is 12.3. The first kappa shape index (κ1) is 35.6. The van der Waals surface area contributed by atoms with E-state index in [9.17, 15) is 33.1 Å². The molecule has 5 heterocycles. The number of aromatic nitrogens is 5. The molecule has 1 aromatic carbocycles. The van der Waals surface area contributed by atoms with Gasteiger partial charge in [-0.15, -0.1) is 0 Å². The lowest BCUT2D eigenvalue weighted by Crippen LogP contribution is -2.70. The molecule has 4 bridgehead atoms. The molecule has 0 spiro atoms. The normalized spacial score (nSPS) is 24.6. The largest absolute Gasteiger partial charge is 0.490 e. The summed E-state index contributed by atoms with van der Waals surface area (Å²) in [4.78, 5) is 46.0. The molecule has 56 heavy (non-hydrogen) atoms. The monoisotopic (exact) mass is 762 g/mol. The summed E-state index contributed by atoms with van der Waals surface area (Å²) in [5.41, 5.74) is -2.79. The van der Waals surface area contributed by atoms with E-state index >= 15 is 0 Å². The summed E-state index contributed by atoms with van der Waals surface area (Å²) < 4.78 is 52.7. The molecule has 10 rings (SSSR count). The van der Waals surface area contributed by atoms with Gasteiger partial charge in [-0.25, -0.2) is 24.7 Å². The highest BCUT2D eigenvalue weighted by atomic mass is 19.4. The number of nitrogens with one attached hydrogen (secondary N) is 1. The number of fused-ring (bicyclic) bond motifs is 1. The van der Waals surface area contributed by atoms with Gasteiger partial charge in [0, 0.05) is 67.7 Å². The average molecular weight is 763 g/mol. The molecule has 1 saturated heterocycles. The zero-order chi connectivity index (χ0) is 38.8. The van der Waals surface area contributed by atoms with Gasteiger partial charge in [0.15, 0.2) is 11.5 Å². The molecule has 1 aliphatic heterocycles. The summed E-state index contributed by atoms with van der Waals surface area (Å²) in [5, 5.41) is 23.6. The van der Waals surface area contributed by atoms with Gasteiger partial charge in [0.1, 0.15) is 23.5 Å². The average Bonchev–Trinajstić information content (AvgIpc) is 3.57. The van der Waals surface area contributed by atoms with Gasteiger partial charge in [0.05, 0.1) is 22.3 Å². The van der Waals surface area contributed by atoms with Gasteiger partial charge >= 0.3 is 12.1 Å². The number of carboxylic acid groups (broad SMARTS) is 1. The molecular formula is C41H37F3N8O4. The fourth-order valence-electron chi connectivity index (χ4n) is 9.95. The van der Waals surface area contributed by atoms with Crippen molar-refractivity contribution in [3.05, 3.63) is 90.1 Å². The summed E-state index contributed by atoms with van der Waals surface area (Å²) in [6.07, 6.45) is 6.32. The van der Waals surface area contributed by atoms with Gasteiger partial charge in [-0.1, -0.05) is 0 Å². The first-order valence-corrected chi connectivity index (χ1v) is 18.9. The second kappa shape index (κ2) is 13.6. The Morgan fingerprint density at radius 1 is 0.929 bits per heavy atom. The maximum Gasteiger partial charge on any atom is 0.434 e. The lowest BCUT2D eigenvalue weighted by atomic mass is 9.48. The molecule has 4 aliphatic carbocycles. The third-order valence-electron chi connectivity index (χ3n) is 12.3. The Kier molecular flexibility index (Phi) is 8.66. The second-order valence-corrected chi connectivity index (χ2v) is 15.5. The number of amides is 1. The van der Waals surface area contributed by atoms with Crippen LogP contribution in [0.3, 0.4) is 0 Å². The Bertz CT molecular complexity index is 2360. The number of carbonyl (C=O) groups is 2. The molecular weight excluding hydrogens is 725 g/mol. The molecule has 5 fully saturated rings. The number of anilines is 1. The topological polar surface area (TPSA) is 159 Å². The van der Waals surface area contributed by atoms with Crippen molar-refractivity contribution in [2.24, 2.45) is 23.7 Å². The Labute approximate surface area is 319 Å². The molecule has 286 valence electrons. The van der Waals surface area contributed by atoms with E-state index in [1.807, 2.05) is 0 Å². The van der Waals surface area contributed by atoms with Crippen LogP contribution in [-0.2, 0) is 11.0 Å². The van der Waals surface area contributed by atoms with E-state index in [4.69, 9.17) is 4.74 Å². The maximum absolute atomic E-state index is 14.9. The summed E-state index contributed by atoms with van der Waals surface area (Å²) in [7, 11) is 0. The maximum atomic E-state index is 14.9. The van der Waals surface area contributed by atoms with Crippen molar-refractivity contribution in [3.63, 3.8) is 0 Å². The van der Waals surface area contributed by atoms with Crippen LogP contribution in [0.25, 0.3) is 28.0 Å². The number of piperidine rings is 1. The molecule has 5 aliphatic rings. The predicted molar refractivity (Wildman–Crippen MR) is 197 cm³/mol. The third kappa shape index (κ3) is 6.07. The molecule has 5 aromatic rings. The number of benzene rings is 1. The highest BCUT2D eigenvalue weighted by Gasteiger charge is 2.62. The van der Waals surface area contributed by atoms with E-state index in [1.54, 1.807) is 59.6 Å². The Morgan fingerprint density at radius 3 is 2.29 bits per heavy atom. The van der Waals surface area contributed by atoms with Gasteiger partial charge in [0.2, 0.25) is 5.95 Å². The highest BCUT2D eigenvalue weighted by molar-refractivity contribution is 6.01. The van der Waals surface area contributed by atoms with Gasteiger partial charge in [0.25, 0.3) is 5.91 Å². The zero-order valence-electron chi connectivity index (χ0n) is 30.1. The molecule has 15 heteroatoms. The van der Waals surface area contributed by atoms with Crippen molar-refractivity contribution in [2.75, 3.05) is 18.0 Å². The zero-order valence-corrected chi connectivity index (χ0v) is 30.1. The lowest BCUT2D eigenvalue weighted by Gasteiger charge is -2.59. The predicted octanol–water partition coefficient (Wildman–Crippen LogP) is 6.83. The van der Waals surface area contributed by atoms with Gasteiger partial charge in [-0.2, -0.15) is 18.4 Å². The van der Waals surface area contributed by atoms with E-state index in [-0.39, 0.29) is 35.0 Å². The number of pyridine rings is 2. The molecule has 0 radical (unpaired) electrons. The number of aliphatic carboxylic acids is 1. The number of hydrogen-bond donors (Lipinski definition) is 2. The van der Waals surface area contributed by atoms with Crippen molar-refractivity contribution in [3.8, 4) is 28.9 Å². The highest BCUT2D eigenvalue weighted by Crippen LogP contribution is 2.58. The summed E-state index contributed by atoms with van der Waals surface area (Å²) >= 11 is 0. The van der Waals surface area contributed by atoms with Crippen LogP contribution >= 0.6 is 0 Å². The minimum atomic E-state index is -5.04. The molecule has 0 unspecified atom stereocenters. The Balaban J connectivity index is 1.06. The van der Waals surface area contributed by atoms with Gasteiger partial charge in [-0.3, -0.25) is 9.36 Å². The molecule has 2 N–H and O–H groups in total. The molecule has 12 nitrogen and oxygen atoms in total. The van der Waals surface area contributed by atoms with Crippen LogP contribution in [-0.4, -0.2) is 66.2 Å². The van der Waals surface area contributed by atoms with Crippen molar-refractivity contribution in [1.29, 1.82) is 5.26 Å². The number of rotatable bonds is 8. The van der Waals surface area contributed by atoms with Crippen LogP contribution in [0.2, 0.25) is 0 Å². The van der Waals surface area contributed by atoms with E-state index in [0.29, 0.717) is 91.6 Å². The Hall–Kier alpha value is -6.04. The number of nitriles is 1. The van der Waals surface area contributed by atoms with Crippen LogP contribution in [0.1, 0.15) is 66.6 Å². The minimum absolute atomic E-state index is 0.0705. The van der Waals surface area contributed by atoms with E-state index in [2.05, 4.69) is 36.2 Å². The summed E-state index contributed by atoms with van der Waals surface area (Å²) in [6.45, 7) is 1.38. The smallest absolute Gasteiger partial charge is 0.434 e. The van der Waals surface area contributed by atoms with E-state index in [1.165, 1.54) is 12.3 Å². The first-order chi connectivity index (χ1) is 27.0. The van der Waals surface area contributed by atoms with Crippen LogP contribution in [0.15, 0.2) is 73.3 Å². The number of halogens is 3.